The van der Waals surface area contributed by atoms with Crippen molar-refractivity contribution < 1.29 is 9.46 Å². The number of benzene rings is 1. The lowest BCUT2D eigenvalue weighted by atomic mass is 10.1. The molecule has 0 aliphatic carbocycles. The molecule has 0 amide bonds. The maximum absolute atomic E-state index is 12.2. The van der Waals surface area contributed by atoms with Crippen LogP contribution in [0.25, 0.3) is 0 Å². The minimum atomic E-state index is -2.93. The van der Waals surface area contributed by atoms with Gasteiger partial charge in [0.25, 0.3) is 0 Å². The second kappa shape index (κ2) is 12.8. The second-order valence-corrected chi connectivity index (χ2v) is 9.30. The van der Waals surface area contributed by atoms with E-state index in [0.29, 0.717) is 18.7 Å². The maximum atomic E-state index is 12.2. The van der Waals surface area contributed by atoms with Crippen LogP contribution in [0.5, 0.6) is 0 Å². The molecule has 0 aromatic heterocycles. The van der Waals surface area contributed by atoms with Crippen LogP contribution in [0.4, 0.5) is 0 Å². The van der Waals surface area contributed by atoms with Crippen molar-refractivity contribution in [2.24, 2.45) is 0 Å². The third kappa shape index (κ3) is 11.6. The van der Waals surface area contributed by atoms with Crippen molar-refractivity contribution in [2.75, 3.05) is 12.3 Å². The van der Waals surface area contributed by atoms with Crippen LogP contribution < -0.4 is 0 Å². The van der Waals surface area contributed by atoms with Crippen LogP contribution in [0.2, 0.25) is 0 Å². The van der Waals surface area contributed by atoms with Gasteiger partial charge in [0.15, 0.2) is 0 Å². The third-order valence-corrected chi connectivity index (χ3v) is 6.39. The maximum Gasteiger partial charge on any atom is 0.200 e. The Balaban J connectivity index is 1.98. The molecule has 132 valence electrons. The first-order chi connectivity index (χ1) is 11.1. The molecule has 0 fully saturated rings. The Kier molecular flexibility index (Phi) is 11.4. The van der Waals surface area contributed by atoms with Gasteiger partial charge in [-0.05, 0) is 18.4 Å². The predicted molar refractivity (Wildman–Crippen MR) is 102 cm³/mol. The largest absolute Gasteiger partial charge is 0.344 e. The van der Waals surface area contributed by atoms with Crippen molar-refractivity contribution in [1.29, 1.82) is 0 Å². The highest BCUT2D eigenvalue weighted by molar-refractivity contribution is 7.57. The van der Waals surface area contributed by atoms with E-state index in [-0.39, 0.29) is 0 Å². The first kappa shape index (κ1) is 20.5. The summed E-state index contributed by atoms with van der Waals surface area (Å²) in [6.45, 7) is 2.25. The molecular formula is C20H35O2P. The minimum absolute atomic E-state index is 0.425. The van der Waals surface area contributed by atoms with Crippen molar-refractivity contribution in [1.82, 2.24) is 0 Å². The minimum Gasteiger partial charge on any atom is -0.344 e. The van der Waals surface area contributed by atoms with E-state index in [0.717, 1.165) is 18.4 Å². The normalized spacial score (nSPS) is 13.8. The molecule has 1 aromatic carbocycles. The molecule has 0 saturated heterocycles. The highest BCUT2D eigenvalue weighted by atomic mass is 31.2. The Hall–Kier alpha value is -0.590. The predicted octanol–water partition coefficient (Wildman–Crippen LogP) is 6.42. The lowest BCUT2D eigenvalue weighted by molar-refractivity contribution is 0.473. The summed E-state index contributed by atoms with van der Waals surface area (Å²) < 4.78 is 12.2. The van der Waals surface area contributed by atoms with Crippen LogP contribution in [0.3, 0.4) is 0 Å². The fourth-order valence-electron chi connectivity index (χ4n) is 2.91. The second-order valence-electron chi connectivity index (χ2n) is 6.71. The smallest absolute Gasteiger partial charge is 0.200 e. The Morgan fingerprint density at radius 2 is 1.30 bits per heavy atom. The van der Waals surface area contributed by atoms with Crippen molar-refractivity contribution in [3.8, 4) is 0 Å². The average Bonchev–Trinajstić information content (AvgIpc) is 2.56. The first-order valence-corrected chi connectivity index (χ1v) is 11.5. The van der Waals surface area contributed by atoms with Crippen LogP contribution in [0.1, 0.15) is 76.7 Å². The molecule has 1 unspecified atom stereocenters. The van der Waals surface area contributed by atoms with Gasteiger partial charge in [0.1, 0.15) is 0 Å². The summed E-state index contributed by atoms with van der Waals surface area (Å²) in [6, 6.07) is 10.0. The quantitative estimate of drug-likeness (QED) is 0.314. The summed E-state index contributed by atoms with van der Waals surface area (Å²) >= 11 is 0. The number of unbranched alkanes of at least 4 members (excludes halogenated alkanes) is 9. The van der Waals surface area contributed by atoms with Crippen molar-refractivity contribution in [3.63, 3.8) is 0 Å². The third-order valence-electron chi connectivity index (χ3n) is 4.45. The molecule has 1 atom stereocenters. The van der Waals surface area contributed by atoms with Crippen LogP contribution >= 0.6 is 7.37 Å². The van der Waals surface area contributed by atoms with Gasteiger partial charge in [-0.3, -0.25) is 4.57 Å². The molecule has 23 heavy (non-hydrogen) atoms. The highest BCUT2D eigenvalue weighted by Crippen LogP contribution is 2.42. The summed E-state index contributed by atoms with van der Waals surface area (Å²) in [6.07, 6.45) is 14.3. The van der Waals surface area contributed by atoms with E-state index in [1.807, 2.05) is 30.3 Å². The Labute approximate surface area is 143 Å². The molecular weight excluding hydrogens is 303 g/mol. The summed E-state index contributed by atoms with van der Waals surface area (Å²) in [5, 5.41) is 0. The van der Waals surface area contributed by atoms with E-state index >= 15 is 0 Å². The van der Waals surface area contributed by atoms with Gasteiger partial charge >= 0.3 is 0 Å². The van der Waals surface area contributed by atoms with E-state index in [1.54, 1.807) is 0 Å². The highest BCUT2D eigenvalue weighted by Gasteiger charge is 2.17. The zero-order chi connectivity index (χ0) is 16.8. The summed E-state index contributed by atoms with van der Waals surface area (Å²) in [5.41, 5.74) is 1.16. The van der Waals surface area contributed by atoms with Gasteiger partial charge in [0.05, 0.1) is 0 Å². The van der Waals surface area contributed by atoms with Gasteiger partial charge in [-0.2, -0.15) is 0 Å². The molecule has 0 radical (unpaired) electrons. The standard InChI is InChI=1S/C20H35O2P/c1-2-3-4-5-6-7-8-9-10-14-18-23(21,22)19-17-20-15-12-11-13-16-20/h11-13,15-16H,2-10,14,17-19H2,1H3,(H,21,22). The van der Waals surface area contributed by atoms with E-state index in [2.05, 4.69) is 6.92 Å². The fourth-order valence-corrected chi connectivity index (χ4v) is 4.46. The summed E-state index contributed by atoms with van der Waals surface area (Å²) in [5.74, 6) is 0. The molecule has 0 aliphatic heterocycles. The molecule has 1 aromatic rings. The SMILES string of the molecule is CCCCCCCCCCCCP(=O)(O)CCc1ccccc1. The Bertz CT molecular complexity index is 431. The van der Waals surface area contributed by atoms with Crippen LogP contribution in [-0.4, -0.2) is 17.2 Å². The number of hydrogen-bond acceptors (Lipinski definition) is 1. The van der Waals surface area contributed by atoms with Gasteiger partial charge < -0.3 is 4.89 Å². The zero-order valence-corrected chi connectivity index (χ0v) is 15.8. The monoisotopic (exact) mass is 338 g/mol. The Morgan fingerprint density at radius 1 is 0.783 bits per heavy atom. The lowest BCUT2D eigenvalue weighted by Gasteiger charge is -2.11. The average molecular weight is 338 g/mol. The van der Waals surface area contributed by atoms with E-state index < -0.39 is 7.37 Å². The molecule has 3 heteroatoms. The lowest BCUT2D eigenvalue weighted by Crippen LogP contribution is -1.98. The fraction of sp³-hybridized carbons (Fsp3) is 0.700. The van der Waals surface area contributed by atoms with Crippen LogP contribution in [0.15, 0.2) is 30.3 Å². The Morgan fingerprint density at radius 3 is 1.87 bits per heavy atom. The number of hydrogen-bond donors (Lipinski definition) is 1. The molecule has 0 heterocycles. The molecule has 0 saturated carbocycles. The first-order valence-electron chi connectivity index (χ1n) is 9.49. The zero-order valence-electron chi connectivity index (χ0n) is 14.9. The molecule has 0 aliphatic rings. The molecule has 2 nitrogen and oxygen atoms in total. The van der Waals surface area contributed by atoms with Crippen molar-refractivity contribution in [2.45, 2.75) is 77.6 Å². The summed E-state index contributed by atoms with van der Waals surface area (Å²) in [4.78, 5) is 10.1. The number of aryl methyl sites for hydroxylation is 1. The molecule has 1 N–H and O–H groups in total. The topological polar surface area (TPSA) is 37.3 Å². The van der Waals surface area contributed by atoms with E-state index in [4.69, 9.17) is 0 Å². The van der Waals surface area contributed by atoms with Gasteiger partial charge in [0.2, 0.25) is 7.37 Å². The molecule has 1 rings (SSSR count). The van der Waals surface area contributed by atoms with Gasteiger partial charge in [-0.25, -0.2) is 0 Å². The molecule has 0 bridgehead atoms. The van der Waals surface area contributed by atoms with Crippen LogP contribution in [-0.2, 0) is 11.0 Å². The van der Waals surface area contributed by atoms with Gasteiger partial charge in [-0.1, -0.05) is 95.0 Å². The van der Waals surface area contributed by atoms with Gasteiger partial charge in [0, 0.05) is 12.3 Å². The van der Waals surface area contributed by atoms with Crippen molar-refractivity contribution in [3.05, 3.63) is 35.9 Å². The molecule has 0 spiro atoms. The van der Waals surface area contributed by atoms with Gasteiger partial charge in [-0.15, -0.1) is 0 Å². The van der Waals surface area contributed by atoms with E-state index in [1.165, 1.54) is 51.4 Å². The number of rotatable bonds is 14. The summed E-state index contributed by atoms with van der Waals surface area (Å²) in [7, 11) is -2.93. The van der Waals surface area contributed by atoms with E-state index in [9.17, 15) is 9.46 Å². The van der Waals surface area contributed by atoms with Crippen molar-refractivity contribution >= 4 is 7.37 Å². The van der Waals surface area contributed by atoms with Crippen LogP contribution in [0, 0.1) is 0 Å².